The first-order valence-corrected chi connectivity index (χ1v) is 7.80. The summed E-state index contributed by atoms with van der Waals surface area (Å²) in [7, 11) is 0. The lowest BCUT2D eigenvalue weighted by atomic mass is 10.2. The van der Waals surface area contributed by atoms with Crippen molar-refractivity contribution >= 4 is 5.97 Å². The van der Waals surface area contributed by atoms with Crippen LogP contribution in [0.4, 0.5) is 0 Å². The van der Waals surface area contributed by atoms with Crippen molar-refractivity contribution in [1.82, 2.24) is 30.0 Å². The normalized spacial score (nSPS) is 10.7. The van der Waals surface area contributed by atoms with Crippen LogP contribution < -0.4 is 0 Å². The molecule has 0 aliphatic carbocycles. The van der Waals surface area contributed by atoms with E-state index in [1.54, 1.807) is 27.7 Å². The molecule has 0 atom stereocenters. The maximum absolute atomic E-state index is 12.1. The number of ether oxygens (including phenoxy) is 1. The van der Waals surface area contributed by atoms with Gasteiger partial charge in [0.15, 0.2) is 12.4 Å². The number of tetrazole rings is 1. The first kappa shape index (κ1) is 15.9. The number of nitrogens with zero attached hydrogens (tertiary/aromatic N) is 6. The summed E-state index contributed by atoms with van der Waals surface area (Å²) in [5.74, 6) is 0.136. The number of hydrogen-bond donors (Lipinski definition) is 0. The third-order valence-electron chi connectivity index (χ3n) is 3.53. The van der Waals surface area contributed by atoms with Gasteiger partial charge in [-0.05, 0) is 47.2 Å². The molecular formula is C16H18N6O2. The Morgan fingerprint density at radius 3 is 2.79 bits per heavy atom. The number of carbonyl (C=O) groups excluding carboxylic acids is 1. The lowest BCUT2D eigenvalue weighted by Crippen LogP contribution is -2.11. The minimum atomic E-state index is -0.410. The molecule has 0 aliphatic heterocycles. The van der Waals surface area contributed by atoms with Gasteiger partial charge in [-0.2, -0.15) is 5.10 Å². The van der Waals surface area contributed by atoms with E-state index in [9.17, 15) is 4.79 Å². The summed E-state index contributed by atoms with van der Waals surface area (Å²) in [6.07, 6.45) is 5.55. The molecule has 0 bridgehead atoms. The highest BCUT2D eigenvalue weighted by atomic mass is 16.5. The monoisotopic (exact) mass is 326 g/mol. The van der Waals surface area contributed by atoms with Crippen LogP contribution in [-0.2, 0) is 17.9 Å². The van der Waals surface area contributed by atoms with E-state index >= 15 is 0 Å². The minimum absolute atomic E-state index is 0.0520. The second-order valence-electron chi connectivity index (χ2n) is 5.25. The van der Waals surface area contributed by atoms with E-state index in [1.807, 2.05) is 24.4 Å². The predicted octanol–water partition coefficient (Wildman–Crippen LogP) is 2.02. The second-order valence-corrected chi connectivity index (χ2v) is 5.25. The fourth-order valence-electron chi connectivity index (χ4n) is 2.19. The molecule has 2 aromatic heterocycles. The van der Waals surface area contributed by atoms with Crippen LogP contribution in [-0.4, -0.2) is 36.0 Å². The third kappa shape index (κ3) is 3.65. The number of rotatable bonds is 7. The van der Waals surface area contributed by atoms with E-state index in [4.69, 9.17) is 4.74 Å². The van der Waals surface area contributed by atoms with Crippen LogP contribution in [0.1, 0.15) is 35.9 Å². The SMILES string of the molecule is CCCCn1nnnc1COC(=O)c1ccc(-n2cccn2)cc1. The maximum atomic E-state index is 12.1. The predicted molar refractivity (Wildman–Crippen MR) is 85.4 cm³/mol. The van der Waals surface area contributed by atoms with Crippen LogP contribution in [0.2, 0.25) is 0 Å². The van der Waals surface area contributed by atoms with Gasteiger partial charge in [-0.15, -0.1) is 5.10 Å². The van der Waals surface area contributed by atoms with Gasteiger partial charge in [0, 0.05) is 18.9 Å². The van der Waals surface area contributed by atoms with Crippen LogP contribution in [0.15, 0.2) is 42.7 Å². The molecule has 1 aromatic carbocycles. The molecular weight excluding hydrogens is 308 g/mol. The molecule has 0 spiro atoms. The molecule has 3 aromatic rings. The van der Waals surface area contributed by atoms with Crippen molar-refractivity contribution in [1.29, 1.82) is 0 Å². The van der Waals surface area contributed by atoms with Crippen molar-refractivity contribution in [3.8, 4) is 5.69 Å². The van der Waals surface area contributed by atoms with Crippen LogP contribution >= 0.6 is 0 Å². The van der Waals surface area contributed by atoms with Crippen molar-refractivity contribution in [2.24, 2.45) is 0 Å². The first-order valence-electron chi connectivity index (χ1n) is 7.80. The molecule has 0 fully saturated rings. The van der Waals surface area contributed by atoms with E-state index in [0.717, 1.165) is 25.1 Å². The van der Waals surface area contributed by atoms with Gasteiger partial charge in [0.1, 0.15) is 0 Å². The Morgan fingerprint density at radius 1 is 1.25 bits per heavy atom. The van der Waals surface area contributed by atoms with Crippen molar-refractivity contribution in [3.63, 3.8) is 0 Å². The summed E-state index contributed by atoms with van der Waals surface area (Å²) >= 11 is 0. The Balaban J connectivity index is 1.60. The number of esters is 1. The molecule has 2 heterocycles. The topological polar surface area (TPSA) is 87.7 Å². The Hall–Kier alpha value is -3.03. The van der Waals surface area contributed by atoms with Crippen LogP contribution in [0.5, 0.6) is 0 Å². The van der Waals surface area contributed by atoms with Crippen molar-refractivity contribution in [3.05, 3.63) is 54.1 Å². The third-order valence-corrected chi connectivity index (χ3v) is 3.53. The highest BCUT2D eigenvalue weighted by Gasteiger charge is 2.11. The van der Waals surface area contributed by atoms with Crippen LogP contribution in [0.25, 0.3) is 5.69 Å². The quantitative estimate of drug-likeness (QED) is 0.617. The number of aromatic nitrogens is 6. The molecule has 8 heteroatoms. The fraction of sp³-hybridized carbons (Fsp3) is 0.312. The highest BCUT2D eigenvalue weighted by Crippen LogP contribution is 2.10. The molecule has 0 unspecified atom stereocenters. The molecule has 124 valence electrons. The first-order chi connectivity index (χ1) is 11.8. The average molecular weight is 326 g/mol. The molecule has 0 saturated carbocycles. The molecule has 8 nitrogen and oxygen atoms in total. The lowest BCUT2D eigenvalue weighted by molar-refractivity contribution is 0.0456. The molecule has 24 heavy (non-hydrogen) atoms. The summed E-state index contributed by atoms with van der Waals surface area (Å²) in [6, 6.07) is 8.88. The van der Waals surface area contributed by atoms with Gasteiger partial charge in [-0.25, -0.2) is 14.2 Å². The van der Waals surface area contributed by atoms with E-state index in [-0.39, 0.29) is 6.61 Å². The standard InChI is InChI=1S/C16H18N6O2/c1-2-3-10-22-15(18-19-20-22)12-24-16(23)13-5-7-14(8-6-13)21-11-4-9-17-21/h4-9,11H,2-3,10,12H2,1H3. The summed E-state index contributed by atoms with van der Waals surface area (Å²) in [5.41, 5.74) is 1.35. The Bertz CT molecular complexity index is 779. The van der Waals surface area contributed by atoms with Gasteiger partial charge in [0.25, 0.3) is 0 Å². The number of unbranched alkanes of at least 4 members (excludes halogenated alkanes) is 1. The summed E-state index contributed by atoms with van der Waals surface area (Å²) in [4.78, 5) is 12.1. The molecule has 3 rings (SSSR count). The number of aryl methyl sites for hydroxylation is 1. The van der Waals surface area contributed by atoms with Gasteiger partial charge in [0.05, 0.1) is 11.3 Å². The van der Waals surface area contributed by atoms with Gasteiger partial charge in [-0.3, -0.25) is 0 Å². The Labute approximate surface area is 139 Å². The van der Waals surface area contributed by atoms with E-state index in [1.165, 1.54) is 0 Å². The molecule has 0 saturated heterocycles. The molecule has 0 N–H and O–H groups in total. The van der Waals surface area contributed by atoms with Crippen molar-refractivity contribution in [2.75, 3.05) is 0 Å². The molecule has 0 amide bonds. The van der Waals surface area contributed by atoms with Crippen LogP contribution in [0, 0.1) is 0 Å². The zero-order valence-corrected chi connectivity index (χ0v) is 13.4. The minimum Gasteiger partial charge on any atom is -0.454 e. The van der Waals surface area contributed by atoms with E-state index < -0.39 is 5.97 Å². The molecule has 0 aliphatic rings. The second kappa shape index (κ2) is 7.49. The van der Waals surface area contributed by atoms with Gasteiger partial charge < -0.3 is 4.74 Å². The number of hydrogen-bond acceptors (Lipinski definition) is 6. The maximum Gasteiger partial charge on any atom is 0.338 e. The van der Waals surface area contributed by atoms with Crippen molar-refractivity contribution < 1.29 is 9.53 Å². The van der Waals surface area contributed by atoms with E-state index in [2.05, 4.69) is 27.5 Å². The summed E-state index contributed by atoms with van der Waals surface area (Å²) in [6.45, 7) is 2.86. The number of benzene rings is 1. The molecule has 0 radical (unpaired) electrons. The zero-order chi connectivity index (χ0) is 16.8. The largest absolute Gasteiger partial charge is 0.454 e. The summed E-state index contributed by atoms with van der Waals surface area (Å²) in [5, 5.41) is 15.6. The lowest BCUT2D eigenvalue weighted by Gasteiger charge is -2.06. The Kier molecular flexibility index (Phi) is 4.95. The Morgan fingerprint density at radius 2 is 2.08 bits per heavy atom. The van der Waals surface area contributed by atoms with Crippen LogP contribution in [0.3, 0.4) is 0 Å². The van der Waals surface area contributed by atoms with Gasteiger partial charge in [0.2, 0.25) is 0 Å². The fourth-order valence-corrected chi connectivity index (χ4v) is 2.19. The smallest absolute Gasteiger partial charge is 0.338 e. The van der Waals surface area contributed by atoms with E-state index in [0.29, 0.717) is 11.4 Å². The zero-order valence-electron chi connectivity index (χ0n) is 13.4. The van der Waals surface area contributed by atoms with Gasteiger partial charge in [-0.1, -0.05) is 13.3 Å². The highest BCUT2D eigenvalue weighted by molar-refractivity contribution is 5.89. The van der Waals surface area contributed by atoms with Gasteiger partial charge >= 0.3 is 5.97 Å². The van der Waals surface area contributed by atoms with Crippen molar-refractivity contribution in [2.45, 2.75) is 32.9 Å². The summed E-state index contributed by atoms with van der Waals surface area (Å²) < 4.78 is 8.68. The number of carbonyl (C=O) groups is 1. The average Bonchev–Trinajstić information content (AvgIpc) is 3.29.